The van der Waals surface area contributed by atoms with E-state index >= 15 is 0 Å². The molecule has 100 valence electrons. The van der Waals surface area contributed by atoms with Gasteiger partial charge in [-0.15, -0.1) is 0 Å². The fraction of sp³-hybridized carbons (Fsp3) is 0. The number of hydrogen-bond donors (Lipinski definition) is 1. The summed E-state index contributed by atoms with van der Waals surface area (Å²) in [6.45, 7) is 0. The van der Waals surface area contributed by atoms with Gasteiger partial charge in [0.15, 0.2) is 11.6 Å². The third-order valence-corrected chi connectivity index (χ3v) is 3.14. The lowest BCUT2D eigenvalue weighted by molar-refractivity contribution is 0.631. The Bertz CT molecular complexity index is 737. The maximum absolute atomic E-state index is 13.8. The topological polar surface area (TPSA) is 67.3 Å². The molecule has 0 spiro atoms. The minimum Gasteiger partial charge on any atom is -0.257 e. The quantitative estimate of drug-likeness (QED) is 0.737. The average molecular weight is 310 g/mol. The van der Waals surface area contributed by atoms with Gasteiger partial charge in [-0.2, -0.15) is 5.10 Å². The van der Waals surface area contributed by atoms with Gasteiger partial charge in [0.1, 0.15) is 22.5 Å². The average Bonchev–Trinajstić information content (AvgIpc) is 2.94. The van der Waals surface area contributed by atoms with Gasteiger partial charge in [-0.25, -0.2) is 19.3 Å². The summed E-state index contributed by atoms with van der Waals surface area (Å²) in [5.74, 6) is 0.0683. The van der Waals surface area contributed by atoms with Crippen molar-refractivity contribution >= 4 is 23.2 Å². The molecule has 1 aromatic carbocycles. The first-order valence-electron chi connectivity index (χ1n) is 5.50. The number of halogens is 3. The Morgan fingerprint density at radius 2 is 1.75 bits per heavy atom. The molecule has 0 fully saturated rings. The van der Waals surface area contributed by atoms with Gasteiger partial charge < -0.3 is 0 Å². The van der Waals surface area contributed by atoms with Crippen LogP contribution < -0.4 is 0 Å². The fourth-order valence-electron chi connectivity index (χ4n) is 1.71. The first-order valence-corrected chi connectivity index (χ1v) is 6.26. The Morgan fingerprint density at radius 1 is 1.05 bits per heavy atom. The standard InChI is InChI=1S/C12H6Cl2FN5/c13-9-8(6-3-1-2-4-7(6)15)10(14)19-12(18-9)11-16-5-17-20-11/h1-5H,(H,16,17,20). The Morgan fingerprint density at radius 3 is 2.35 bits per heavy atom. The van der Waals surface area contributed by atoms with Crippen molar-refractivity contribution in [1.29, 1.82) is 0 Å². The van der Waals surface area contributed by atoms with Crippen molar-refractivity contribution in [3.63, 3.8) is 0 Å². The zero-order valence-corrected chi connectivity index (χ0v) is 11.3. The summed E-state index contributed by atoms with van der Waals surface area (Å²) in [4.78, 5) is 12.0. The van der Waals surface area contributed by atoms with Crippen LogP contribution >= 0.6 is 23.2 Å². The molecule has 0 saturated carbocycles. The number of nitrogens with zero attached hydrogens (tertiary/aromatic N) is 4. The number of benzene rings is 1. The van der Waals surface area contributed by atoms with Gasteiger partial charge in [-0.05, 0) is 6.07 Å². The lowest BCUT2D eigenvalue weighted by Gasteiger charge is -2.08. The maximum Gasteiger partial charge on any atom is 0.200 e. The number of nitrogens with one attached hydrogen (secondary N) is 1. The van der Waals surface area contributed by atoms with E-state index in [1.807, 2.05) is 0 Å². The molecule has 0 atom stereocenters. The van der Waals surface area contributed by atoms with Gasteiger partial charge in [0, 0.05) is 5.56 Å². The molecule has 2 heterocycles. The second kappa shape index (κ2) is 5.15. The molecule has 8 heteroatoms. The number of aromatic amines is 1. The van der Waals surface area contributed by atoms with Gasteiger partial charge in [-0.3, -0.25) is 5.10 Å². The van der Waals surface area contributed by atoms with E-state index in [1.165, 1.54) is 12.4 Å². The molecular formula is C12H6Cl2FN5. The van der Waals surface area contributed by atoms with E-state index in [0.29, 0.717) is 5.82 Å². The second-order valence-electron chi connectivity index (χ2n) is 3.82. The van der Waals surface area contributed by atoms with Crippen molar-refractivity contribution in [2.24, 2.45) is 0 Å². The van der Waals surface area contributed by atoms with Crippen LogP contribution in [0.3, 0.4) is 0 Å². The molecule has 5 nitrogen and oxygen atoms in total. The first kappa shape index (κ1) is 13.0. The Labute approximate surface area is 122 Å². The second-order valence-corrected chi connectivity index (χ2v) is 4.53. The van der Waals surface area contributed by atoms with Crippen LogP contribution in [0.5, 0.6) is 0 Å². The van der Waals surface area contributed by atoms with Crippen LogP contribution in [0.15, 0.2) is 30.6 Å². The summed E-state index contributed by atoms with van der Waals surface area (Å²) in [5, 5.41) is 6.38. The molecule has 0 unspecified atom stereocenters. The SMILES string of the molecule is Fc1ccccc1-c1c(Cl)nc(-c2ncn[nH]2)nc1Cl. The molecule has 0 aliphatic heterocycles. The zero-order chi connectivity index (χ0) is 14.1. The van der Waals surface area contributed by atoms with E-state index in [0.717, 1.165) is 0 Å². The highest BCUT2D eigenvalue weighted by Crippen LogP contribution is 2.34. The van der Waals surface area contributed by atoms with Gasteiger partial charge >= 0.3 is 0 Å². The maximum atomic E-state index is 13.8. The molecule has 0 radical (unpaired) electrons. The highest BCUT2D eigenvalue weighted by Gasteiger charge is 2.18. The van der Waals surface area contributed by atoms with Crippen LogP contribution in [-0.2, 0) is 0 Å². The van der Waals surface area contributed by atoms with Crippen molar-refractivity contribution in [3.8, 4) is 22.8 Å². The number of H-pyrrole nitrogens is 1. The van der Waals surface area contributed by atoms with Gasteiger partial charge in [-0.1, -0.05) is 41.4 Å². The molecule has 0 bridgehead atoms. The van der Waals surface area contributed by atoms with Crippen LogP contribution in [-0.4, -0.2) is 25.1 Å². The van der Waals surface area contributed by atoms with E-state index in [4.69, 9.17) is 23.2 Å². The van der Waals surface area contributed by atoms with Crippen LogP contribution in [0.4, 0.5) is 4.39 Å². The molecule has 0 aliphatic carbocycles. The molecule has 3 aromatic rings. The number of rotatable bonds is 2. The Balaban J connectivity index is 2.17. The number of aromatic nitrogens is 5. The summed E-state index contributed by atoms with van der Waals surface area (Å²) >= 11 is 12.2. The summed E-state index contributed by atoms with van der Waals surface area (Å²) in [6, 6.07) is 6.12. The highest BCUT2D eigenvalue weighted by atomic mass is 35.5. The van der Waals surface area contributed by atoms with Crippen LogP contribution in [0.25, 0.3) is 22.8 Å². The molecule has 1 N–H and O–H groups in total. The lowest BCUT2D eigenvalue weighted by Crippen LogP contribution is -1.97. The summed E-state index contributed by atoms with van der Waals surface area (Å²) in [6.07, 6.45) is 1.31. The van der Waals surface area contributed by atoms with Crippen LogP contribution in [0.1, 0.15) is 0 Å². The van der Waals surface area contributed by atoms with E-state index in [2.05, 4.69) is 25.1 Å². The molecule has 0 saturated heterocycles. The van der Waals surface area contributed by atoms with E-state index in [9.17, 15) is 4.39 Å². The molecule has 0 amide bonds. The Kier molecular flexibility index (Phi) is 3.33. The summed E-state index contributed by atoms with van der Waals surface area (Å²) < 4.78 is 13.8. The molecule has 0 aliphatic rings. The minimum atomic E-state index is -0.452. The van der Waals surface area contributed by atoms with Gasteiger partial charge in [0.2, 0.25) is 0 Å². The lowest BCUT2D eigenvalue weighted by atomic mass is 10.1. The minimum absolute atomic E-state index is 0.0431. The third kappa shape index (κ3) is 2.23. The van der Waals surface area contributed by atoms with Crippen molar-refractivity contribution in [2.45, 2.75) is 0 Å². The largest absolute Gasteiger partial charge is 0.257 e. The van der Waals surface area contributed by atoms with Crippen LogP contribution in [0.2, 0.25) is 10.3 Å². The van der Waals surface area contributed by atoms with E-state index in [-0.39, 0.29) is 27.3 Å². The molecule has 3 rings (SSSR count). The van der Waals surface area contributed by atoms with Crippen molar-refractivity contribution < 1.29 is 4.39 Å². The smallest absolute Gasteiger partial charge is 0.200 e. The van der Waals surface area contributed by atoms with Crippen molar-refractivity contribution in [1.82, 2.24) is 25.1 Å². The first-order chi connectivity index (χ1) is 9.66. The summed E-state index contributed by atoms with van der Waals surface area (Å²) in [5.41, 5.74) is 0.487. The summed E-state index contributed by atoms with van der Waals surface area (Å²) in [7, 11) is 0. The van der Waals surface area contributed by atoms with Crippen LogP contribution in [0, 0.1) is 5.82 Å². The molecule has 2 aromatic heterocycles. The fourth-order valence-corrected chi connectivity index (χ4v) is 2.30. The third-order valence-electron chi connectivity index (χ3n) is 2.59. The predicted octanol–water partition coefficient (Wildman–Crippen LogP) is 3.37. The monoisotopic (exact) mass is 309 g/mol. The molecular weight excluding hydrogens is 304 g/mol. The highest BCUT2D eigenvalue weighted by molar-refractivity contribution is 6.37. The zero-order valence-electron chi connectivity index (χ0n) is 9.81. The normalized spacial score (nSPS) is 10.8. The molecule has 20 heavy (non-hydrogen) atoms. The Hall–Kier alpha value is -2.05. The number of hydrogen-bond acceptors (Lipinski definition) is 4. The van der Waals surface area contributed by atoms with Crippen molar-refractivity contribution in [3.05, 3.63) is 46.7 Å². The van der Waals surface area contributed by atoms with E-state index < -0.39 is 5.82 Å². The van der Waals surface area contributed by atoms with E-state index in [1.54, 1.807) is 18.2 Å². The van der Waals surface area contributed by atoms with Crippen molar-refractivity contribution in [2.75, 3.05) is 0 Å². The predicted molar refractivity (Wildman–Crippen MR) is 72.8 cm³/mol. The van der Waals surface area contributed by atoms with Gasteiger partial charge in [0.25, 0.3) is 0 Å². The van der Waals surface area contributed by atoms with Gasteiger partial charge in [0.05, 0.1) is 5.56 Å².